The molecule has 2 N–H and O–H groups in total. The lowest BCUT2D eigenvalue weighted by Crippen LogP contribution is -2.39. The minimum atomic E-state index is -4.71. The number of hydrogen-bond donors (Lipinski definition) is 2. The summed E-state index contributed by atoms with van der Waals surface area (Å²) in [5.41, 5.74) is 1.11. The summed E-state index contributed by atoms with van der Waals surface area (Å²) in [7, 11) is 0. The predicted octanol–water partition coefficient (Wildman–Crippen LogP) is 2.47. The van der Waals surface area contributed by atoms with Gasteiger partial charge in [-0.1, -0.05) is 30.3 Å². The minimum absolute atomic E-state index is 0.356. The number of aryl methyl sites for hydroxylation is 1. The van der Waals surface area contributed by atoms with Crippen molar-refractivity contribution < 1.29 is 23.1 Å². The second-order valence-corrected chi connectivity index (χ2v) is 4.23. The molecule has 1 atom stereocenters. The molecule has 19 heavy (non-hydrogen) atoms. The highest BCUT2D eigenvalue weighted by atomic mass is 19.4. The molecule has 1 aromatic carbocycles. The van der Waals surface area contributed by atoms with Gasteiger partial charge < -0.3 is 10.4 Å². The lowest BCUT2D eigenvalue weighted by molar-refractivity contribution is -0.192. The van der Waals surface area contributed by atoms with Crippen LogP contribution in [-0.4, -0.2) is 30.3 Å². The highest BCUT2D eigenvalue weighted by Gasteiger charge is 2.44. The molecule has 1 aromatic rings. The molecule has 0 aliphatic heterocycles. The highest BCUT2D eigenvalue weighted by Crippen LogP contribution is 2.25. The van der Waals surface area contributed by atoms with Crippen molar-refractivity contribution in [2.75, 3.05) is 13.1 Å². The summed E-state index contributed by atoms with van der Waals surface area (Å²) in [5, 5.41) is 11.0. The van der Waals surface area contributed by atoms with Crippen LogP contribution in [-0.2, 0) is 11.2 Å². The Bertz CT molecular complexity index is 393. The summed E-state index contributed by atoms with van der Waals surface area (Å²) >= 11 is 0. The fraction of sp³-hybridized carbons (Fsp3) is 0.462. The molecule has 3 nitrogen and oxygen atoms in total. The lowest BCUT2D eigenvalue weighted by atomic mass is 10.1. The van der Waals surface area contributed by atoms with Gasteiger partial charge in [0.05, 0.1) is 0 Å². The molecule has 0 saturated heterocycles. The van der Waals surface area contributed by atoms with Gasteiger partial charge in [0.15, 0.2) is 5.92 Å². The van der Waals surface area contributed by atoms with Gasteiger partial charge in [0.2, 0.25) is 0 Å². The Morgan fingerprint density at radius 3 is 2.42 bits per heavy atom. The van der Waals surface area contributed by atoms with Crippen LogP contribution >= 0.6 is 0 Å². The monoisotopic (exact) mass is 275 g/mol. The molecular weight excluding hydrogens is 259 g/mol. The van der Waals surface area contributed by atoms with E-state index in [2.05, 4.69) is 5.32 Å². The van der Waals surface area contributed by atoms with Crippen LogP contribution in [0.15, 0.2) is 30.3 Å². The third kappa shape index (κ3) is 5.74. The van der Waals surface area contributed by atoms with E-state index in [1.807, 2.05) is 30.3 Å². The summed E-state index contributed by atoms with van der Waals surface area (Å²) in [5.74, 6) is -4.19. The van der Waals surface area contributed by atoms with E-state index in [1.165, 1.54) is 0 Å². The molecule has 106 valence electrons. The summed E-state index contributed by atoms with van der Waals surface area (Å²) < 4.78 is 37.0. The first-order chi connectivity index (χ1) is 8.91. The SMILES string of the molecule is O=C(O)C(CNCCCc1ccccc1)C(F)(F)F. The van der Waals surface area contributed by atoms with Crippen LogP contribution in [0.25, 0.3) is 0 Å². The van der Waals surface area contributed by atoms with Crippen LogP contribution in [0.5, 0.6) is 0 Å². The summed E-state index contributed by atoms with van der Waals surface area (Å²) in [6.45, 7) is -0.234. The average Bonchev–Trinajstić information content (AvgIpc) is 2.32. The van der Waals surface area contributed by atoms with Gasteiger partial charge in [-0.25, -0.2) is 0 Å². The van der Waals surface area contributed by atoms with Crippen molar-refractivity contribution in [2.45, 2.75) is 19.0 Å². The first-order valence-electron chi connectivity index (χ1n) is 5.95. The maximum atomic E-state index is 12.3. The number of nitrogens with one attached hydrogen (secondary N) is 1. The molecule has 0 aromatic heterocycles. The molecule has 0 aliphatic carbocycles. The van der Waals surface area contributed by atoms with E-state index in [0.29, 0.717) is 13.0 Å². The topological polar surface area (TPSA) is 49.3 Å². The number of benzene rings is 1. The molecule has 0 saturated carbocycles. The Balaban J connectivity index is 2.25. The number of hydrogen-bond acceptors (Lipinski definition) is 2. The molecule has 0 bridgehead atoms. The Kier molecular flexibility index (Phi) is 5.82. The molecule has 0 heterocycles. The molecule has 1 rings (SSSR count). The van der Waals surface area contributed by atoms with Gasteiger partial charge in [0.25, 0.3) is 0 Å². The number of halogens is 3. The zero-order valence-electron chi connectivity index (χ0n) is 10.3. The zero-order chi connectivity index (χ0) is 14.3. The smallest absolute Gasteiger partial charge is 0.403 e. The van der Waals surface area contributed by atoms with Gasteiger partial charge in [-0.15, -0.1) is 0 Å². The van der Waals surface area contributed by atoms with Gasteiger partial charge in [0.1, 0.15) is 0 Å². The highest BCUT2D eigenvalue weighted by molar-refractivity contribution is 5.71. The van der Waals surface area contributed by atoms with Crippen molar-refractivity contribution >= 4 is 5.97 Å². The van der Waals surface area contributed by atoms with E-state index in [4.69, 9.17) is 5.11 Å². The second-order valence-electron chi connectivity index (χ2n) is 4.23. The van der Waals surface area contributed by atoms with Crippen molar-refractivity contribution in [3.05, 3.63) is 35.9 Å². The summed E-state index contributed by atoms with van der Waals surface area (Å²) in [6.07, 6.45) is -3.30. The van der Waals surface area contributed by atoms with Crippen LogP contribution in [0, 0.1) is 5.92 Å². The van der Waals surface area contributed by atoms with Crippen LogP contribution in [0.2, 0.25) is 0 Å². The van der Waals surface area contributed by atoms with Gasteiger partial charge in [-0.05, 0) is 24.9 Å². The third-order valence-corrected chi connectivity index (χ3v) is 2.70. The molecule has 0 aliphatic rings. The fourth-order valence-electron chi connectivity index (χ4n) is 1.65. The average molecular weight is 275 g/mol. The van der Waals surface area contributed by atoms with Gasteiger partial charge in [-0.3, -0.25) is 4.79 Å². The van der Waals surface area contributed by atoms with Crippen molar-refractivity contribution in [1.82, 2.24) is 5.32 Å². The molecule has 1 unspecified atom stereocenters. The van der Waals surface area contributed by atoms with E-state index in [0.717, 1.165) is 12.0 Å². The Morgan fingerprint density at radius 1 is 1.26 bits per heavy atom. The first kappa shape index (κ1) is 15.5. The number of carboxylic acid groups (broad SMARTS) is 1. The lowest BCUT2D eigenvalue weighted by Gasteiger charge is -2.16. The third-order valence-electron chi connectivity index (χ3n) is 2.70. The quantitative estimate of drug-likeness (QED) is 0.752. The van der Waals surface area contributed by atoms with E-state index in [1.54, 1.807) is 0 Å². The molecular formula is C13H16F3NO2. The summed E-state index contributed by atoms with van der Waals surface area (Å²) in [4.78, 5) is 10.5. The van der Waals surface area contributed by atoms with Crippen LogP contribution in [0.1, 0.15) is 12.0 Å². The number of aliphatic carboxylic acids is 1. The molecule has 6 heteroatoms. The maximum absolute atomic E-state index is 12.3. The van der Waals surface area contributed by atoms with Crippen molar-refractivity contribution in [2.24, 2.45) is 5.92 Å². The molecule has 0 amide bonds. The Morgan fingerprint density at radius 2 is 1.89 bits per heavy atom. The van der Waals surface area contributed by atoms with E-state index < -0.39 is 24.6 Å². The minimum Gasteiger partial charge on any atom is -0.481 e. The fourth-order valence-corrected chi connectivity index (χ4v) is 1.65. The largest absolute Gasteiger partial charge is 0.481 e. The molecule has 0 spiro atoms. The van der Waals surface area contributed by atoms with Gasteiger partial charge in [-0.2, -0.15) is 13.2 Å². The maximum Gasteiger partial charge on any atom is 0.403 e. The number of carbonyl (C=O) groups is 1. The van der Waals surface area contributed by atoms with Gasteiger partial charge >= 0.3 is 12.1 Å². The van der Waals surface area contributed by atoms with Gasteiger partial charge in [0, 0.05) is 6.54 Å². The number of carboxylic acids is 1. The van der Waals surface area contributed by atoms with Crippen LogP contribution in [0.3, 0.4) is 0 Å². The first-order valence-corrected chi connectivity index (χ1v) is 5.95. The van der Waals surface area contributed by atoms with Crippen LogP contribution in [0.4, 0.5) is 13.2 Å². The number of alkyl halides is 3. The molecule has 0 fully saturated rings. The second kappa shape index (κ2) is 7.13. The van der Waals surface area contributed by atoms with Crippen molar-refractivity contribution in [3.63, 3.8) is 0 Å². The Hall–Kier alpha value is -1.56. The van der Waals surface area contributed by atoms with E-state index in [9.17, 15) is 18.0 Å². The van der Waals surface area contributed by atoms with E-state index >= 15 is 0 Å². The standard InChI is InChI=1S/C13H16F3NO2/c14-13(15,16)11(12(18)19)9-17-8-4-7-10-5-2-1-3-6-10/h1-3,5-6,11,17H,4,7-9H2,(H,18,19). The van der Waals surface area contributed by atoms with Crippen molar-refractivity contribution in [1.29, 1.82) is 0 Å². The summed E-state index contributed by atoms with van der Waals surface area (Å²) in [6, 6.07) is 9.56. The normalized spacial score (nSPS) is 13.2. The zero-order valence-corrected chi connectivity index (χ0v) is 10.3. The Labute approximate surface area is 109 Å². The molecule has 0 radical (unpaired) electrons. The predicted molar refractivity (Wildman–Crippen MR) is 64.8 cm³/mol. The van der Waals surface area contributed by atoms with Crippen molar-refractivity contribution in [3.8, 4) is 0 Å². The van der Waals surface area contributed by atoms with E-state index in [-0.39, 0.29) is 0 Å². The number of rotatable bonds is 7. The van der Waals surface area contributed by atoms with Crippen LogP contribution < -0.4 is 5.32 Å².